The van der Waals surface area contributed by atoms with E-state index in [1.807, 2.05) is 60.7 Å². The highest BCUT2D eigenvalue weighted by Gasteiger charge is 2.15. The van der Waals surface area contributed by atoms with Crippen LogP contribution in [0.1, 0.15) is 45.4 Å². The lowest BCUT2D eigenvalue weighted by atomic mass is 9.97. The number of rotatable bonds is 9. The maximum atomic E-state index is 12.3. The Balaban J connectivity index is 1.86. The van der Waals surface area contributed by atoms with E-state index in [1.165, 1.54) is 12.8 Å². The Morgan fingerprint density at radius 2 is 1.31 bits per heavy atom. The van der Waals surface area contributed by atoms with Gasteiger partial charge in [0.25, 0.3) is 0 Å². The maximum absolute atomic E-state index is 12.3. The lowest BCUT2D eigenvalue weighted by Crippen LogP contribution is -2.07. The number of phenolic OH excluding ortho intramolecular Hbond substituents is 1. The summed E-state index contributed by atoms with van der Waals surface area (Å²) in [6, 6.07) is 22.8. The molecule has 0 aliphatic carbocycles. The Morgan fingerprint density at radius 3 is 1.83 bits per heavy atom. The second-order valence-electron chi connectivity index (χ2n) is 7.24. The third-order valence-electron chi connectivity index (χ3n) is 4.97. The predicted molar refractivity (Wildman–Crippen MR) is 118 cm³/mol. The molecule has 0 saturated heterocycles. The monoisotopic (exact) mass is 388 g/mol. The third kappa shape index (κ3) is 5.71. The van der Waals surface area contributed by atoms with E-state index in [4.69, 9.17) is 4.74 Å². The van der Waals surface area contributed by atoms with Gasteiger partial charge in [-0.15, -0.1) is 0 Å². The highest BCUT2D eigenvalue weighted by atomic mass is 16.5. The second kappa shape index (κ2) is 10.5. The van der Waals surface area contributed by atoms with Crippen LogP contribution in [0, 0.1) is 0 Å². The van der Waals surface area contributed by atoms with Gasteiger partial charge < -0.3 is 9.84 Å². The van der Waals surface area contributed by atoms with Crippen molar-refractivity contribution in [1.29, 1.82) is 0 Å². The van der Waals surface area contributed by atoms with Gasteiger partial charge in [-0.25, -0.2) is 0 Å². The number of carbonyl (C=O) groups excluding carboxylic acids is 1. The Kier molecular flexibility index (Phi) is 7.46. The molecule has 3 aromatic carbocycles. The third-order valence-corrected chi connectivity index (χ3v) is 4.97. The van der Waals surface area contributed by atoms with Crippen molar-refractivity contribution >= 4 is 5.97 Å². The molecule has 0 atom stereocenters. The fraction of sp³-hybridized carbons (Fsp3) is 0.269. The minimum Gasteiger partial charge on any atom is -0.507 e. The summed E-state index contributed by atoms with van der Waals surface area (Å²) >= 11 is 0. The fourth-order valence-corrected chi connectivity index (χ4v) is 3.40. The van der Waals surface area contributed by atoms with E-state index >= 15 is 0 Å². The van der Waals surface area contributed by atoms with E-state index in [9.17, 15) is 9.90 Å². The maximum Gasteiger partial charge on any atom is 0.311 e. The Bertz CT molecular complexity index is 857. The first-order valence-corrected chi connectivity index (χ1v) is 10.4. The summed E-state index contributed by atoms with van der Waals surface area (Å²) in [5.41, 5.74) is 3.05. The van der Waals surface area contributed by atoms with E-state index in [0.717, 1.165) is 30.4 Å². The molecule has 0 bridgehead atoms. The first kappa shape index (κ1) is 20.7. The number of aromatic hydroxyl groups is 1. The van der Waals surface area contributed by atoms with Crippen LogP contribution in [0.15, 0.2) is 72.8 Å². The van der Waals surface area contributed by atoms with Crippen molar-refractivity contribution in [2.75, 3.05) is 0 Å². The van der Waals surface area contributed by atoms with Crippen LogP contribution in [0.25, 0.3) is 22.3 Å². The zero-order valence-electron chi connectivity index (χ0n) is 16.9. The van der Waals surface area contributed by atoms with Crippen LogP contribution < -0.4 is 4.74 Å². The van der Waals surface area contributed by atoms with Gasteiger partial charge in [-0.05, 0) is 29.7 Å². The van der Waals surface area contributed by atoms with Gasteiger partial charge in [0.05, 0.1) is 0 Å². The molecule has 3 nitrogen and oxygen atoms in total. The summed E-state index contributed by atoms with van der Waals surface area (Å²) in [6.07, 6.45) is 5.83. The topological polar surface area (TPSA) is 46.5 Å². The van der Waals surface area contributed by atoms with E-state index in [-0.39, 0.29) is 11.7 Å². The molecule has 3 aromatic rings. The van der Waals surface area contributed by atoms with Crippen LogP contribution in [-0.2, 0) is 4.79 Å². The summed E-state index contributed by atoms with van der Waals surface area (Å²) in [5, 5.41) is 10.9. The zero-order valence-corrected chi connectivity index (χ0v) is 16.9. The molecule has 0 aliphatic heterocycles. The van der Waals surface area contributed by atoms with Crippen molar-refractivity contribution in [3.63, 3.8) is 0 Å². The molecule has 0 amide bonds. The lowest BCUT2D eigenvalue weighted by molar-refractivity contribution is -0.134. The zero-order chi connectivity index (χ0) is 20.5. The molecule has 0 aliphatic rings. The summed E-state index contributed by atoms with van der Waals surface area (Å²) in [6.45, 7) is 2.17. The smallest absolute Gasteiger partial charge is 0.311 e. The molecule has 0 spiro atoms. The van der Waals surface area contributed by atoms with Gasteiger partial charge >= 0.3 is 5.97 Å². The molecular formula is C26H28O3. The van der Waals surface area contributed by atoms with Gasteiger partial charge in [-0.1, -0.05) is 93.3 Å². The normalized spacial score (nSPS) is 10.7. The highest BCUT2D eigenvalue weighted by molar-refractivity contribution is 5.84. The quantitative estimate of drug-likeness (QED) is 0.244. The number of hydrogen-bond acceptors (Lipinski definition) is 3. The summed E-state index contributed by atoms with van der Waals surface area (Å²) in [4.78, 5) is 12.3. The molecular weight excluding hydrogens is 360 g/mol. The fourth-order valence-electron chi connectivity index (χ4n) is 3.40. The SMILES string of the molecule is CCCCCCCC(=O)Oc1cc(-c2ccccc2)c(O)c(-c2ccccc2)c1. The van der Waals surface area contributed by atoms with Crippen LogP contribution in [0.2, 0.25) is 0 Å². The van der Waals surface area contributed by atoms with E-state index in [2.05, 4.69) is 6.92 Å². The van der Waals surface area contributed by atoms with Gasteiger partial charge in [0.15, 0.2) is 0 Å². The molecule has 0 heterocycles. The first-order chi connectivity index (χ1) is 14.2. The molecule has 29 heavy (non-hydrogen) atoms. The van der Waals surface area contributed by atoms with Crippen LogP contribution in [-0.4, -0.2) is 11.1 Å². The lowest BCUT2D eigenvalue weighted by Gasteiger charge is -2.14. The Labute approximate surface area is 173 Å². The van der Waals surface area contributed by atoms with Crippen LogP contribution in [0.5, 0.6) is 11.5 Å². The Morgan fingerprint density at radius 1 is 0.793 bits per heavy atom. The van der Waals surface area contributed by atoms with Crippen LogP contribution in [0.3, 0.4) is 0 Å². The minimum absolute atomic E-state index is 0.182. The number of hydrogen-bond donors (Lipinski definition) is 1. The second-order valence-corrected chi connectivity index (χ2v) is 7.24. The van der Waals surface area contributed by atoms with Crippen molar-refractivity contribution in [3.8, 4) is 33.8 Å². The largest absolute Gasteiger partial charge is 0.507 e. The molecule has 0 unspecified atom stereocenters. The molecule has 150 valence electrons. The van der Waals surface area contributed by atoms with E-state index in [1.54, 1.807) is 12.1 Å². The number of unbranched alkanes of at least 4 members (excludes halogenated alkanes) is 4. The van der Waals surface area contributed by atoms with Crippen LogP contribution >= 0.6 is 0 Å². The molecule has 3 heteroatoms. The van der Waals surface area contributed by atoms with Crippen molar-refractivity contribution < 1.29 is 14.6 Å². The Hall–Kier alpha value is -3.07. The van der Waals surface area contributed by atoms with Crippen molar-refractivity contribution in [3.05, 3.63) is 72.8 Å². The van der Waals surface area contributed by atoms with Gasteiger partial charge in [-0.3, -0.25) is 4.79 Å². The average Bonchev–Trinajstić information content (AvgIpc) is 2.76. The standard InChI is InChI=1S/C26H28O3/c1-2-3-4-5-12-17-25(27)29-22-18-23(20-13-8-6-9-14-20)26(28)24(19-22)21-15-10-7-11-16-21/h6-11,13-16,18-19,28H,2-5,12,17H2,1H3. The van der Waals surface area contributed by atoms with Gasteiger partial charge in [0.1, 0.15) is 11.5 Å². The summed E-state index contributed by atoms with van der Waals surface area (Å²) in [7, 11) is 0. The number of benzene rings is 3. The number of phenols is 1. The summed E-state index contributed by atoms with van der Waals surface area (Å²) < 4.78 is 5.65. The molecule has 0 aromatic heterocycles. The van der Waals surface area contributed by atoms with Gasteiger partial charge in [0.2, 0.25) is 0 Å². The number of carbonyl (C=O) groups is 1. The van der Waals surface area contributed by atoms with Gasteiger partial charge in [0, 0.05) is 17.5 Å². The minimum atomic E-state index is -0.231. The molecule has 3 rings (SSSR count). The van der Waals surface area contributed by atoms with E-state index in [0.29, 0.717) is 23.3 Å². The van der Waals surface area contributed by atoms with Crippen molar-refractivity contribution in [2.24, 2.45) is 0 Å². The molecule has 0 saturated carbocycles. The molecule has 0 radical (unpaired) electrons. The predicted octanol–water partition coefficient (Wildman–Crippen LogP) is 6.99. The van der Waals surface area contributed by atoms with E-state index < -0.39 is 0 Å². The molecule has 0 fully saturated rings. The number of ether oxygens (including phenoxy) is 1. The van der Waals surface area contributed by atoms with Crippen molar-refractivity contribution in [2.45, 2.75) is 45.4 Å². The number of esters is 1. The highest BCUT2D eigenvalue weighted by Crippen LogP contribution is 2.41. The van der Waals surface area contributed by atoms with Crippen molar-refractivity contribution in [1.82, 2.24) is 0 Å². The molecule has 1 N–H and O–H groups in total. The first-order valence-electron chi connectivity index (χ1n) is 10.4. The summed E-state index contributed by atoms with van der Waals surface area (Å²) in [5.74, 6) is 0.408. The van der Waals surface area contributed by atoms with Crippen LogP contribution in [0.4, 0.5) is 0 Å². The average molecular weight is 389 g/mol. The van der Waals surface area contributed by atoms with Gasteiger partial charge in [-0.2, -0.15) is 0 Å².